The maximum absolute atomic E-state index is 14.4. The summed E-state index contributed by atoms with van der Waals surface area (Å²) >= 11 is 0. The largest absolute Gasteiger partial charge is 0.489 e. The number of rotatable bonds is 9. The smallest absolute Gasteiger partial charge is 0.306 e. The molecule has 0 spiro atoms. The molecule has 0 unspecified atom stereocenters. The Morgan fingerprint density at radius 3 is 2.42 bits per heavy atom. The summed E-state index contributed by atoms with van der Waals surface area (Å²) in [6.07, 6.45) is 0.389. The van der Waals surface area contributed by atoms with Gasteiger partial charge in [-0.25, -0.2) is 4.39 Å². The number of halogens is 1. The summed E-state index contributed by atoms with van der Waals surface area (Å²) in [5.41, 5.74) is 4.90. The molecule has 0 N–H and O–H groups in total. The number of nitrogens with zero attached hydrogens (tertiary/aromatic N) is 1. The summed E-state index contributed by atoms with van der Waals surface area (Å²) in [7, 11) is 0. The van der Waals surface area contributed by atoms with Gasteiger partial charge in [-0.2, -0.15) is 0 Å². The second-order valence-corrected chi connectivity index (χ2v) is 7.76. The zero-order valence-electron chi connectivity index (χ0n) is 18.9. The first-order valence-electron chi connectivity index (χ1n) is 10.7. The Bertz CT molecular complexity index is 1150. The highest BCUT2D eigenvalue weighted by molar-refractivity contribution is 5.73. The van der Waals surface area contributed by atoms with Gasteiger partial charge in [0.2, 0.25) is 0 Å². The lowest BCUT2D eigenvalue weighted by molar-refractivity contribution is -0.384. The minimum Gasteiger partial charge on any atom is -0.489 e. The molecule has 0 bridgehead atoms. The van der Waals surface area contributed by atoms with Gasteiger partial charge in [-0.3, -0.25) is 14.9 Å². The van der Waals surface area contributed by atoms with Gasteiger partial charge >= 0.3 is 5.97 Å². The molecule has 0 aromatic heterocycles. The van der Waals surface area contributed by atoms with Crippen molar-refractivity contribution in [3.8, 4) is 16.9 Å². The average Bonchev–Trinajstić information content (AvgIpc) is 2.77. The van der Waals surface area contributed by atoms with Crippen molar-refractivity contribution in [2.45, 2.75) is 40.2 Å². The molecular formula is C26H26FNO5. The molecule has 0 heterocycles. The maximum atomic E-state index is 14.4. The first-order chi connectivity index (χ1) is 15.8. The van der Waals surface area contributed by atoms with Crippen molar-refractivity contribution in [2.75, 3.05) is 6.61 Å². The van der Waals surface area contributed by atoms with Crippen LogP contribution in [-0.2, 0) is 22.6 Å². The number of non-ortho nitro benzene ring substituents is 1. The molecule has 0 saturated carbocycles. The standard InChI is InChI=1S/C26H26FNO5/c1-4-32-25(29)11-9-20-8-10-23(15-24(20)27)33-16-19-6-5-7-21(14-19)26-17(2)12-22(28(30)31)13-18(26)3/h5-8,10,12-15H,4,9,11,16H2,1-3H3. The van der Waals surface area contributed by atoms with Crippen molar-refractivity contribution in [3.63, 3.8) is 0 Å². The normalized spacial score (nSPS) is 10.7. The minimum absolute atomic E-state index is 0.0703. The lowest BCUT2D eigenvalue weighted by Gasteiger charge is -2.13. The molecule has 0 aliphatic heterocycles. The fourth-order valence-electron chi connectivity index (χ4n) is 3.78. The van der Waals surface area contributed by atoms with Gasteiger partial charge in [0.1, 0.15) is 18.2 Å². The minimum atomic E-state index is -0.428. The second kappa shape index (κ2) is 10.7. The Hall–Kier alpha value is -3.74. The number of ether oxygens (including phenoxy) is 2. The van der Waals surface area contributed by atoms with Crippen LogP contribution in [0, 0.1) is 29.8 Å². The van der Waals surface area contributed by atoms with Crippen molar-refractivity contribution in [3.05, 3.63) is 92.8 Å². The third-order valence-corrected chi connectivity index (χ3v) is 5.28. The van der Waals surface area contributed by atoms with Crippen LogP contribution in [0.15, 0.2) is 54.6 Å². The number of nitro groups is 1. The summed E-state index contributed by atoms with van der Waals surface area (Å²) in [4.78, 5) is 22.2. The number of aryl methyl sites for hydroxylation is 3. The predicted molar refractivity (Wildman–Crippen MR) is 124 cm³/mol. The van der Waals surface area contributed by atoms with E-state index in [1.165, 1.54) is 6.07 Å². The number of benzene rings is 3. The lowest BCUT2D eigenvalue weighted by Crippen LogP contribution is -2.06. The average molecular weight is 451 g/mol. The Morgan fingerprint density at radius 1 is 1.06 bits per heavy atom. The van der Waals surface area contributed by atoms with Gasteiger partial charge in [-0.05, 0) is 72.7 Å². The van der Waals surface area contributed by atoms with Crippen LogP contribution in [-0.4, -0.2) is 17.5 Å². The third-order valence-electron chi connectivity index (χ3n) is 5.28. The quantitative estimate of drug-likeness (QED) is 0.223. The Kier molecular flexibility index (Phi) is 7.77. The van der Waals surface area contributed by atoms with E-state index in [0.29, 0.717) is 17.9 Å². The van der Waals surface area contributed by atoms with Gasteiger partial charge in [0.15, 0.2) is 0 Å². The number of nitro benzene ring substituents is 1. The molecule has 0 atom stereocenters. The van der Waals surface area contributed by atoms with Crippen LogP contribution >= 0.6 is 0 Å². The van der Waals surface area contributed by atoms with Crippen LogP contribution in [0.4, 0.5) is 10.1 Å². The topological polar surface area (TPSA) is 78.7 Å². The molecule has 3 aromatic rings. The van der Waals surface area contributed by atoms with Crippen LogP contribution in [0.5, 0.6) is 5.75 Å². The summed E-state index contributed by atoms with van der Waals surface area (Å²) < 4.78 is 25.0. The van der Waals surface area contributed by atoms with Crippen LogP contribution < -0.4 is 4.74 Å². The Balaban J connectivity index is 1.70. The van der Waals surface area contributed by atoms with E-state index < -0.39 is 10.7 Å². The monoisotopic (exact) mass is 451 g/mol. The first-order valence-corrected chi connectivity index (χ1v) is 10.7. The van der Waals surface area contributed by atoms with Gasteiger partial charge in [-0.15, -0.1) is 0 Å². The molecule has 7 heteroatoms. The van der Waals surface area contributed by atoms with E-state index in [1.54, 1.807) is 31.2 Å². The maximum Gasteiger partial charge on any atom is 0.306 e. The van der Waals surface area contributed by atoms with Crippen molar-refractivity contribution >= 4 is 11.7 Å². The number of esters is 1. The summed E-state index contributed by atoms with van der Waals surface area (Å²) in [6, 6.07) is 15.5. The Labute approximate surface area is 192 Å². The van der Waals surface area contributed by atoms with Gasteiger partial charge in [-0.1, -0.05) is 24.3 Å². The fourth-order valence-corrected chi connectivity index (χ4v) is 3.78. The third kappa shape index (κ3) is 6.16. The van der Waals surface area contributed by atoms with Gasteiger partial charge < -0.3 is 9.47 Å². The number of carbonyl (C=O) groups excluding carboxylic acids is 1. The molecule has 3 rings (SSSR count). The SMILES string of the molecule is CCOC(=O)CCc1ccc(OCc2cccc(-c3c(C)cc([N+](=O)[O-])cc3C)c2)cc1F. The van der Waals surface area contributed by atoms with E-state index >= 15 is 0 Å². The van der Waals surface area contributed by atoms with Crippen LogP contribution in [0.1, 0.15) is 35.6 Å². The second-order valence-electron chi connectivity index (χ2n) is 7.76. The van der Waals surface area contributed by atoms with Gasteiger partial charge in [0, 0.05) is 24.6 Å². The van der Waals surface area contributed by atoms with Crippen molar-refractivity contribution in [1.29, 1.82) is 0 Å². The molecule has 0 radical (unpaired) electrons. The van der Waals surface area contributed by atoms with Crippen molar-refractivity contribution in [1.82, 2.24) is 0 Å². The van der Waals surface area contributed by atoms with Crippen LogP contribution in [0.3, 0.4) is 0 Å². The van der Waals surface area contributed by atoms with E-state index in [-0.39, 0.29) is 31.1 Å². The van der Waals surface area contributed by atoms with Crippen molar-refractivity contribution in [2.24, 2.45) is 0 Å². The highest BCUT2D eigenvalue weighted by Gasteiger charge is 2.14. The first kappa shape index (κ1) is 23.9. The van der Waals surface area contributed by atoms with E-state index in [2.05, 4.69) is 0 Å². The summed E-state index contributed by atoms with van der Waals surface area (Å²) in [5.74, 6) is -0.390. The molecule has 0 fully saturated rings. The van der Waals surface area contributed by atoms with E-state index in [9.17, 15) is 19.3 Å². The molecule has 0 aliphatic carbocycles. The van der Waals surface area contributed by atoms with Crippen molar-refractivity contribution < 1.29 is 23.6 Å². The number of hydrogen-bond acceptors (Lipinski definition) is 5. The summed E-state index contributed by atoms with van der Waals surface area (Å²) in [5, 5.41) is 11.1. The molecule has 3 aromatic carbocycles. The van der Waals surface area contributed by atoms with Gasteiger partial charge in [0.05, 0.1) is 11.5 Å². The summed E-state index contributed by atoms with van der Waals surface area (Å²) in [6.45, 7) is 5.98. The predicted octanol–water partition coefficient (Wildman–Crippen LogP) is 6.09. The zero-order valence-corrected chi connectivity index (χ0v) is 18.9. The lowest BCUT2D eigenvalue weighted by atomic mass is 9.94. The molecule has 6 nitrogen and oxygen atoms in total. The molecule has 172 valence electrons. The highest BCUT2D eigenvalue weighted by Crippen LogP contribution is 2.31. The Morgan fingerprint density at radius 2 is 1.79 bits per heavy atom. The number of carbonyl (C=O) groups is 1. The molecule has 0 amide bonds. The van der Waals surface area contributed by atoms with Crippen LogP contribution in [0.25, 0.3) is 11.1 Å². The zero-order chi connectivity index (χ0) is 24.0. The van der Waals surface area contributed by atoms with E-state index in [4.69, 9.17) is 9.47 Å². The molecular weight excluding hydrogens is 425 g/mol. The highest BCUT2D eigenvalue weighted by atomic mass is 19.1. The molecule has 0 aliphatic rings. The fraction of sp³-hybridized carbons (Fsp3) is 0.269. The van der Waals surface area contributed by atoms with Crippen LogP contribution in [0.2, 0.25) is 0 Å². The number of hydrogen-bond donors (Lipinski definition) is 0. The molecule has 0 saturated heterocycles. The van der Waals surface area contributed by atoms with E-state index in [0.717, 1.165) is 27.8 Å². The molecule has 33 heavy (non-hydrogen) atoms. The van der Waals surface area contributed by atoms with E-state index in [1.807, 2.05) is 38.1 Å². The van der Waals surface area contributed by atoms with Gasteiger partial charge in [0.25, 0.3) is 5.69 Å².